The first-order valence-corrected chi connectivity index (χ1v) is 5.54. The molecule has 1 saturated heterocycles. The van der Waals surface area contributed by atoms with Crippen molar-refractivity contribution in [1.82, 2.24) is 14.7 Å². The number of likely N-dealkylation sites (tertiary alicyclic amines) is 1. The van der Waals surface area contributed by atoms with Crippen LogP contribution in [-0.4, -0.2) is 33.5 Å². The van der Waals surface area contributed by atoms with Crippen LogP contribution in [0.4, 0.5) is 0 Å². The minimum Gasteiger partial charge on any atom is -0.369 e. The van der Waals surface area contributed by atoms with Crippen molar-refractivity contribution in [2.24, 2.45) is 18.7 Å². The summed E-state index contributed by atoms with van der Waals surface area (Å²) in [4.78, 5) is 24.7. The number of hydrogen-bond donors (Lipinski definition) is 1. The predicted octanol–water partition coefficient (Wildman–Crippen LogP) is -0.185. The van der Waals surface area contributed by atoms with Gasteiger partial charge in [-0.25, -0.2) is 0 Å². The fraction of sp³-hybridized carbons (Fsp3) is 0.545. The van der Waals surface area contributed by atoms with Gasteiger partial charge >= 0.3 is 0 Å². The Hall–Kier alpha value is -1.85. The van der Waals surface area contributed by atoms with Crippen molar-refractivity contribution in [2.45, 2.75) is 18.9 Å². The second-order valence-corrected chi connectivity index (χ2v) is 4.44. The van der Waals surface area contributed by atoms with E-state index in [0.29, 0.717) is 12.8 Å². The third kappa shape index (κ3) is 2.02. The number of rotatable bonds is 2. The third-order valence-electron chi connectivity index (χ3n) is 3.29. The monoisotopic (exact) mass is 236 g/mol. The van der Waals surface area contributed by atoms with Gasteiger partial charge in [0.25, 0.3) is 0 Å². The van der Waals surface area contributed by atoms with Crippen molar-refractivity contribution in [3.63, 3.8) is 0 Å². The van der Waals surface area contributed by atoms with Gasteiger partial charge in [0.05, 0.1) is 18.2 Å². The van der Waals surface area contributed by atoms with Crippen LogP contribution >= 0.6 is 0 Å². The molecule has 2 heterocycles. The highest BCUT2D eigenvalue weighted by atomic mass is 16.2. The highest BCUT2D eigenvalue weighted by Gasteiger charge is 2.38. The van der Waals surface area contributed by atoms with Gasteiger partial charge in [-0.3, -0.25) is 14.3 Å². The summed E-state index contributed by atoms with van der Waals surface area (Å²) in [6.45, 7) is 0. The maximum Gasteiger partial charge on any atom is 0.222 e. The molecule has 0 unspecified atom stereocenters. The van der Waals surface area contributed by atoms with Crippen molar-refractivity contribution >= 4 is 11.8 Å². The number of primary amides is 1. The Balaban J connectivity index is 2.36. The predicted molar refractivity (Wildman–Crippen MR) is 60.6 cm³/mol. The topological polar surface area (TPSA) is 81.2 Å². The van der Waals surface area contributed by atoms with E-state index in [1.54, 1.807) is 29.9 Å². The molecule has 1 aromatic rings. The van der Waals surface area contributed by atoms with E-state index in [4.69, 9.17) is 5.73 Å². The molecule has 17 heavy (non-hydrogen) atoms. The molecule has 2 rings (SSSR count). The van der Waals surface area contributed by atoms with Crippen LogP contribution in [0, 0.1) is 5.92 Å². The quantitative estimate of drug-likeness (QED) is 0.773. The Labute approximate surface area is 99.4 Å². The highest BCUT2D eigenvalue weighted by molar-refractivity contribution is 5.83. The smallest absolute Gasteiger partial charge is 0.222 e. The van der Waals surface area contributed by atoms with Crippen LogP contribution in [0.15, 0.2) is 12.4 Å². The lowest BCUT2D eigenvalue weighted by Gasteiger charge is -2.36. The molecule has 6 nitrogen and oxygen atoms in total. The molecule has 2 N–H and O–H groups in total. The fourth-order valence-corrected chi connectivity index (χ4v) is 2.38. The number of hydrogen-bond acceptors (Lipinski definition) is 3. The summed E-state index contributed by atoms with van der Waals surface area (Å²) in [6.07, 6.45) is 4.38. The Morgan fingerprint density at radius 2 is 2.24 bits per heavy atom. The summed E-state index contributed by atoms with van der Waals surface area (Å²) in [5.41, 5.74) is 6.26. The van der Waals surface area contributed by atoms with Crippen LogP contribution in [0.1, 0.15) is 24.4 Å². The van der Waals surface area contributed by atoms with E-state index in [-0.39, 0.29) is 23.8 Å². The number of aromatic nitrogens is 2. The molecule has 0 aliphatic carbocycles. The van der Waals surface area contributed by atoms with Gasteiger partial charge in [-0.05, 0) is 6.42 Å². The zero-order valence-electron chi connectivity index (χ0n) is 9.96. The number of nitrogens with two attached hydrogens (primary N) is 1. The zero-order valence-corrected chi connectivity index (χ0v) is 9.96. The van der Waals surface area contributed by atoms with Gasteiger partial charge in [-0.15, -0.1) is 0 Å². The third-order valence-corrected chi connectivity index (χ3v) is 3.29. The lowest BCUT2D eigenvalue weighted by molar-refractivity contribution is -0.140. The molecular formula is C11H16N4O2. The normalized spacial score (nSPS) is 25.1. The van der Waals surface area contributed by atoms with Gasteiger partial charge in [-0.2, -0.15) is 5.10 Å². The first-order valence-electron chi connectivity index (χ1n) is 5.54. The summed E-state index contributed by atoms with van der Waals surface area (Å²) in [5.74, 6) is -0.656. The second kappa shape index (κ2) is 4.20. The molecule has 0 spiro atoms. The van der Waals surface area contributed by atoms with Crippen molar-refractivity contribution in [2.75, 3.05) is 7.05 Å². The lowest BCUT2D eigenvalue weighted by Crippen LogP contribution is -2.44. The van der Waals surface area contributed by atoms with Crippen LogP contribution in [0.25, 0.3) is 0 Å². The fourth-order valence-electron chi connectivity index (χ4n) is 2.38. The summed E-state index contributed by atoms with van der Waals surface area (Å²) in [7, 11) is 3.50. The maximum atomic E-state index is 11.7. The van der Waals surface area contributed by atoms with Crippen molar-refractivity contribution in [3.8, 4) is 0 Å². The number of carbonyl (C=O) groups is 2. The van der Waals surface area contributed by atoms with Crippen LogP contribution in [-0.2, 0) is 16.6 Å². The average molecular weight is 236 g/mol. The van der Waals surface area contributed by atoms with Crippen LogP contribution in [0.5, 0.6) is 0 Å². The molecule has 1 fully saturated rings. The Morgan fingerprint density at radius 1 is 1.53 bits per heavy atom. The Morgan fingerprint density at radius 3 is 2.76 bits per heavy atom. The Kier molecular flexibility index (Phi) is 2.87. The molecule has 1 aromatic heterocycles. The number of aryl methyl sites for hydroxylation is 1. The van der Waals surface area contributed by atoms with Crippen molar-refractivity contribution < 1.29 is 9.59 Å². The van der Waals surface area contributed by atoms with Gasteiger partial charge in [-0.1, -0.05) is 0 Å². The summed E-state index contributed by atoms with van der Waals surface area (Å²) < 4.78 is 1.65. The molecule has 0 radical (unpaired) electrons. The number of piperidine rings is 1. The van der Waals surface area contributed by atoms with Gasteiger partial charge in [0.15, 0.2) is 0 Å². The summed E-state index contributed by atoms with van der Waals surface area (Å²) >= 11 is 0. The van der Waals surface area contributed by atoms with Gasteiger partial charge < -0.3 is 10.6 Å². The summed E-state index contributed by atoms with van der Waals surface area (Å²) in [5, 5.41) is 4.07. The lowest BCUT2D eigenvalue weighted by atomic mass is 9.85. The molecule has 0 bridgehead atoms. The van der Waals surface area contributed by atoms with Gasteiger partial charge in [0.2, 0.25) is 11.8 Å². The first-order chi connectivity index (χ1) is 8.00. The second-order valence-electron chi connectivity index (χ2n) is 4.44. The van der Waals surface area contributed by atoms with Gasteiger partial charge in [0.1, 0.15) is 0 Å². The van der Waals surface area contributed by atoms with Gasteiger partial charge in [0, 0.05) is 32.3 Å². The van der Waals surface area contributed by atoms with E-state index < -0.39 is 0 Å². The molecule has 1 aliphatic rings. The molecule has 0 aromatic carbocycles. The van der Waals surface area contributed by atoms with Crippen LogP contribution < -0.4 is 5.73 Å². The minimum absolute atomic E-state index is 0.0383. The standard InChI is InChI=1S/C11H16N4O2/c1-14-6-7(5-13-14)10-8(11(12)17)3-4-9(16)15(10)2/h5-6,8,10H,3-4H2,1-2H3,(H2,12,17)/t8-,10+/m1/s1. The first kappa shape index (κ1) is 11.6. The van der Waals surface area contributed by atoms with Crippen LogP contribution in [0.2, 0.25) is 0 Å². The molecule has 2 atom stereocenters. The minimum atomic E-state index is -0.363. The van der Waals surface area contributed by atoms with E-state index in [1.807, 2.05) is 6.20 Å². The number of amides is 2. The largest absolute Gasteiger partial charge is 0.369 e. The van der Waals surface area contributed by atoms with Crippen molar-refractivity contribution in [1.29, 1.82) is 0 Å². The zero-order chi connectivity index (χ0) is 12.6. The van der Waals surface area contributed by atoms with E-state index in [1.165, 1.54) is 0 Å². The number of carbonyl (C=O) groups excluding carboxylic acids is 2. The molecule has 2 amide bonds. The molecule has 6 heteroatoms. The van der Waals surface area contributed by atoms with Crippen LogP contribution in [0.3, 0.4) is 0 Å². The maximum absolute atomic E-state index is 11.7. The average Bonchev–Trinajstić information content (AvgIpc) is 2.68. The summed E-state index contributed by atoms with van der Waals surface area (Å²) in [6, 6.07) is -0.289. The van der Waals surface area contributed by atoms with E-state index in [2.05, 4.69) is 5.10 Å². The van der Waals surface area contributed by atoms with Crippen molar-refractivity contribution in [3.05, 3.63) is 18.0 Å². The molecule has 0 saturated carbocycles. The van der Waals surface area contributed by atoms with E-state index in [9.17, 15) is 9.59 Å². The molecular weight excluding hydrogens is 220 g/mol. The number of nitrogens with zero attached hydrogens (tertiary/aromatic N) is 3. The van der Waals surface area contributed by atoms with E-state index in [0.717, 1.165) is 5.56 Å². The SMILES string of the molecule is CN1C(=O)CC[C@@H](C(N)=O)[C@@H]1c1cnn(C)c1. The Bertz CT molecular complexity index is 454. The molecule has 1 aliphatic heterocycles. The molecule has 92 valence electrons. The van der Waals surface area contributed by atoms with E-state index >= 15 is 0 Å². The highest BCUT2D eigenvalue weighted by Crippen LogP contribution is 2.35.